The lowest BCUT2D eigenvalue weighted by molar-refractivity contribution is -0.143. The Bertz CT molecular complexity index is 1190. The van der Waals surface area contributed by atoms with Crippen molar-refractivity contribution in [1.82, 2.24) is 5.32 Å². The van der Waals surface area contributed by atoms with Gasteiger partial charge in [0.2, 0.25) is 5.91 Å². The molecule has 224 valence electrons. The van der Waals surface area contributed by atoms with Crippen molar-refractivity contribution >= 4 is 36.2 Å². The van der Waals surface area contributed by atoms with E-state index in [2.05, 4.69) is 10.6 Å². The molecule has 0 unspecified atom stereocenters. The van der Waals surface area contributed by atoms with Crippen LogP contribution in [0, 0.1) is 0 Å². The van der Waals surface area contributed by atoms with Crippen LogP contribution >= 0.6 is 0 Å². The molecule has 0 bridgehead atoms. The first-order chi connectivity index (χ1) is 19.2. The fraction of sp³-hybridized carbons (Fsp3) is 0.464. The third kappa shape index (κ3) is 11.7. The average molecular weight is 578 g/mol. The molecule has 0 radical (unpaired) electrons. The van der Waals surface area contributed by atoms with Crippen molar-refractivity contribution in [3.8, 4) is 5.75 Å². The molecular formula is C28H37BF2N2O8. The van der Waals surface area contributed by atoms with Crippen molar-refractivity contribution in [2.75, 3.05) is 18.5 Å². The molecule has 13 heteroatoms. The highest BCUT2D eigenvalue weighted by atomic mass is 19.3. The zero-order valence-electron chi connectivity index (χ0n) is 23.8. The maximum atomic E-state index is 12.9. The summed E-state index contributed by atoms with van der Waals surface area (Å²) in [4.78, 5) is 37.6. The van der Waals surface area contributed by atoms with E-state index in [4.69, 9.17) is 14.2 Å². The molecule has 0 spiro atoms. The molecule has 0 aliphatic carbocycles. The standard InChI is InChI=1S/C28H37BF2N2O8/c1-6-39-26(35)15-22(33-27(36)41-28(3,4)5)18-8-7-9-20(13-18)32-25(34)12-17(2)21-14-19(29(37)38)10-11-23(21)40-16-24(30)31/h7-11,13-14,17,22,24,37-38H,6,12,15-16H2,1-5H3,(H,32,34)(H,33,36)/t17-,22-/m1/s1. The van der Waals surface area contributed by atoms with Gasteiger partial charge in [0.05, 0.1) is 19.1 Å². The normalized spacial score (nSPS) is 12.7. The van der Waals surface area contributed by atoms with Gasteiger partial charge in [0.25, 0.3) is 6.43 Å². The van der Waals surface area contributed by atoms with Crippen LogP contribution in [0.3, 0.4) is 0 Å². The van der Waals surface area contributed by atoms with Crippen molar-refractivity contribution in [2.24, 2.45) is 0 Å². The first-order valence-corrected chi connectivity index (χ1v) is 13.1. The van der Waals surface area contributed by atoms with Crippen LogP contribution in [-0.2, 0) is 19.1 Å². The molecule has 0 saturated carbocycles. The summed E-state index contributed by atoms with van der Waals surface area (Å²) in [6.07, 6.45) is -3.71. The molecule has 0 aromatic heterocycles. The Morgan fingerprint density at radius 1 is 1.05 bits per heavy atom. The molecule has 2 amide bonds. The van der Waals surface area contributed by atoms with E-state index in [0.717, 1.165) is 0 Å². The van der Waals surface area contributed by atoms with Crippen molar-refractivity contribution < 1.29 is 47.4 Å². The second kappa shape index (κ2) is 15.3. The highest BCUT2D eigenvalue weighted by molar-refractivity contribution is 6.58. The van der Waals surface area contributed by atoms with Crippen LogP contribution in [0.5, 0.6) is 5.75 Å². The SMILES string of the molecule is CCOC(=O)C[C@@H](NC(=O)OC(C)(C)C)c1cccc(NC(=O)C[C@@H](C)c2cc(B(O)O)ccc2OCC(F)F)c1. The number of esters is 1. The number of rotatable bonds is 13. The number of halogens is 2. The van der Waals surface area contributed by atoms with Crippen LogP contribution in [0.4, 0.5) is 19.3 Å². The topological polar surface area (TPSA) is 143 Å². The van der Waals surface area contributed by atoms with Crippen LogP contribution < -0.4 is 20.8 Å². The number of alkyl carbamates (subject to hydrolysis) is 1. The van der Waals surface area contributed by atoms with Crippen LogP contribution in [0.25, 0.3) is 0 Å². The lowest BCUT2D eigenvalue weighted by atomic mass is 9.78. The highest BCUT2D eigenvalue weighted by Gasteiger charge is 2.24. The zero-order chi connectivity index (χ0) is 30.7. The smallest absolute Gasteiger partial charge is 0.487 e. The Labute approximate surface area is 238 Å². The van der Waals surface area contributed by atoms with E-state index in [1.807, 2.05) is 0 Å². The number of amides is 2. The summed E-state index contributed by atoms with van der Waals surface area (Å²) in [5.41, 5.74) is 0.616. The van der Waals surface area contributed by atoms with Gasteiger partial charge in [-0.05, 0) is 68.4 Å². The average Bonchev–Trinajstić information content (AvgIpc) is 2.86. The molecule has 0 aliphatic rings. The molecule has 41 heavy (non-hydrogen) atoms. The fourth-order valence-corrected chi connectivity index (χ4v) is 3.92. The lowest BCUT2D eigenvalue weighted by Crippen LogP contribution is -2.36. The number of benzene rings is 2. The lowest BCUT2D eigenvalue weighted by Gasteiger charge is -2.24. The summed E-state index contributed by atoms with van der Waals surface area (Å²) in [7, 11) is -1.79. The Morgan fingerprint density at radius 2 is 1.76 bits per heavy atom. The predicted molar refractivity (Wildman–Crippen MR) is 149 cm³/mol. The van der Waals surface area contributed by atoms with Gasteiger partial charge in [-0.25, -0.2) is 13.6 Å². The fourth-order valence-electron chi connectivity index (χ4n) is 3.92. The molecule has 4 N–H and O–H groups in total. The molecule has 0 aliphatic heterocycles. The van der Waals surface area contributed by atoms with Gasteiger partial charge in [0, 0.05) is 12.1 Å². The quantitative estimate of drug-likeness (QED) is 0.208. The van der Waals surface area contributed by atoms with Gasteiger partial charge >= 0.3 is 19.2 Å². The minimum Gasteiger partial charge on any atom is -0.487 e. The van der Waals surface area contributed by atoms with Crippen molar-refractivity contribution in [3.05, 3.63) is 53.6 Å². The summed E-state index contributed by atoms with van der Waals surface area (Å²) >= 11 is 0. The molecule has 0 fully saturated rings. The monoisotopic (exact) mass is 578 g/mol. The van der Waals surface area contributed by atoms with Gasteiger partial charge in [-0.15, -0.1) is 0 Å². The summed E-state index contributed by atoms with van der Waals surface area (Å²) in [6, 6.07) is 9.83. The number of alkyl halides is 2. The summed E-state index contributed by atoms with van der Waals surface area (Å²) in [5.74, 6) is -1.40. The second-order valence-electron chi connectivity index (χ2n) is 10.4. The first kappa shape index (κ1) is 33.5. The number of nitrogens with one attached hydrogen (secondary N) is 2. The number of hydrogen-bond donors (Lipinski definition) is 4. The van der Waals surface area contributed by atoms with Gasteiger partial charge in [0.15, 0.2) is 0 Å². The zero-order valence-corrected chi connectivity index (χ0v) is 23.8. The molecule has 0 saturated heterocycles. The van der Waals surface area contributed by atoms with E-state index in [1.165, 1.54) is 18.2 Å². The number of hydrogen-bond acceptors (Lipinski definition) is 8. The highest BCUT2D eigenvalue weighted by Crippen LogP contribution is 2.29. The van der Waals surface area contributed by atoms with E-state index in [1.54, 1.807) is 58.9 Å². The molecule has 0 heterocycles. The molecule has 2 rings (SSSR count). The van der Waals surface area contributed by atoms with Gasteiger partial charge in [-0.2, -0.15) is 0 Å². The van der Waals surface area contributed by atoms with Gasteiger partial charge in [0.1, 0.15) is 18.0 Å². The Balaban J connectivity index is 2.21. The van der Waals surface area contributed by atoms with Crippen molar-refractivity contribution in [3.63, 3.8) is 0 Å². The number of carbonyl (C=O) groups excluding carboxylic acids is 3. The molecular weight excluding hydrogens is 541 g/mol. The van der Waals surface area contributed by atoms with Crippen molar-refractivity contribution in [1.29, 1.82) is 0 Å². The number of ether oxygens (including phenoxy) is 3. The number of anilines is 1. The summed E-state index contributed by atoms with van der Waals surface area (Å²) < 4.78 is 41.0. The van der Waals surface area contributed by atoms with E-state index in [0.29, 0.717) is 16.8 Å². The van der Waals surface area contributed by atoms with E-state index < -0.39 is 55.7 Å². The van der Waals surface area contributed by atoms with Crippen LogP contribution in [0.2, 0.25) is 0 Å². The third-order valence-electron chi connectivity index (χ3n) is 5.66. The van der Waals surface area contributed by atoms with E-state index in [-0.39, 0.29) is 30.7 Å². The summed E-state index contributed by atoms with van der Waals surface area (Å²) in [5, 5.41) is 24.5. The van der Waals surface area contributed by atoms with Crippen LogP contribution in [0.1, 0.15) is 70.5 Å². The van der Waals surface area contributed by atoms with Crippen LogP contribution in [-0.4, -0.2) is 60.4 Å². The second-order valence-corrected chi connectivity index (χ2v) is 10.4. The Hall–Kier alpha value is -3.71. The molecule has 2 aromatic rings. The van der Waals surface area contributed by atoms with Crippen LogP contribution in [0.15, 0.2) is 42.5 Å². The molecule has 2 aromatic carbocycles. The Kier molecular flexibility index (Phi) is 12.5. The molecule has 2 atom stereocenters. The summed E-state index contributed by atoms with van der Waals surface area (Å²) in [6.45, 7) is 7.78. The van der Waals surface area contributed by atoms with Gasteiger partial charge < -0.3 is 34.9 Å². The van der Waals surface area contributed by atoms with E-state index >= 15 is 0 Å². The van der Waals surface area contributed by atoms with Gasteiger partial charge in [-0.1, -0.05) is 31.2 Å². The van der Waals surface area contributed by atoms with E-state index in [9.17, 15) is 33.2 Å². The molecule has 10 nitrogen and oxygen atoms in total. The third-order valence-corrected chi connectivity index (χ3v) is 5.66. The van der Waals surface area contributed by atoms with Crippen molar-refractivity contribution in [2.45, 2.75) is 71.4 Å². The Morgan fingerprint density at radius 3 is 2.37 bits per heavy atom. The minimum absolute atomic E-state index is 0.0946. The number of carbonyl (C=O) groups is 3. The first-order valence-electron chi connectivity index (χ1n) is 13.1. The maximum Gasteiger partial charge on any atom is 0.488 e. The maximum absolute atomic E-state index is 12.9. The minimum atomic E-state index is -2.71. The van der Waals surface area contributed by atoms with Gasteiger partial charge in [-0.3, -0.25) is 9.59 Å². The largest absolute Gasteiger partial charge is 0.488 e. The predicted octanol–water partition coefficient (Wildman–Crippen LogP) is 3.66.